The SMILES string of the molecule is CC1=C(C(=O)Nc2cccc([N+](=O)[O-])c2)C(c2ccc(O)cc2O)N=C(NN2C(=O)/C(=C/c3cccs3)SC2=S)N1. The number of carbonyl (C=O) groups is 2. The topological polar surface area (TPSA) is 169 Å². The molecule has 1 aromatic heterocycles. The zero-order valence-corrected chi connectivity index (χ0v) is 23.5. The monoisotopic (exact) mass is 608 g/mol. The van der Waals surface area contributed by atoms with Gasteiger partial charge in [-0.15, -0.1) is 11.3 Å². The lowest BCUT2D eigenvalue weighted by molar-refractivity contribution is -0.384. The lowest BCUT2D eigenvalue weighted by atomic mass is 9.94. The van der Waals surface area contributed by atoms with Crippen LogP contribution < -0.4 is 16.1 Å². The molecular formula is C26H20N6O6S3. The number of benzene rings is 2. The van der Waals surface area contributed by atoms with Crippen molar-refractivity contribution in [1.82, 2.24) is 15.8 Å². The lowest BCUT2D eigenvalue weighted by Crippen LogP contribution is -2.51. The van der Waals surface area contributed by atoms with Gasteiger partial charge in [-0.05, 0) is 54.9 Å². The second kappa shape index (κ2) is 11.4. The van der Waals surface area contributed by atoms with E-state index < -0.39 is 22.8 Å². The van der Waals surface area contributed by atoms with Crippen LogP contribution in [0, 0.1) is 10.1 Å². The van der Waals surface area contributed by atoms with Crippen LogP contribution in [0.25, 0.3) is 6.08 Å². The third-order valence-corrected chi connectivity index (χ3v) is 8.06. The van der Waals surface area contributed by atoms with Crippen molar-refractivity contribution in [3.63, 3.8) is 0 Å². The molecule has 0 bridgehead atoms. The highest BCUT2D eigenvalue weighted by atomic mass is 32.2. The Hall–Kier alpha value is -4.73. The van der Waals surface area contributed by atoms with E-state index in [4.69, 9.17) is 12.2 Å². The van der Waals surface area contributed by atoms with Gasteiger partial charge in [0.1, 0.15) is 17.5 Å². The molecule has 0 radical (unpaired) electrons. The number of aromatic hydroxyl groups is 2. The highest BCUT2D eigenvalue weighted by Gasteiger charge is 2.36. The number of carbonyl (C=O) groups excluding carboxylic acids is 2. The van der Waals surface area contributed by atoms with E-state index in [-0.39, 0.29) is 44.3 Å². The molecule has 0 saturated carbocycles. The maximum absolute atomic E-state index is 13.5. The largest absolute Gasteiger partial charge is 0.508 e. The second-order valence-corrected chi connectivity index (χ2v) is 11.3. The molecule has 1 fully saturated rings. The fourth-order valence-electron chi connectivity index (χ4n) is 4.08. The Labute approximate surface area is 246 Å². The van der Waals surface area contributed by atoms with E-state index in [1.807, 2.05) is 17.5 Å². The number of rotatable bonds is 6. The Balaban J connectivity index is 1.46. The molecule has 1 unspecified atom stereocenters. The Bertz CT molecular complexity index is 1680. The number of amides is 2. The van der Waals surface area contributed by atoms with Crippen molar-refractivity contribution in [2.45, 2.75) is 13.0 Å². The Morgan fingerprint density at radius 1 is 1.22 bits per heavy atom. The molecule has 12 nitrogen and oxygen atoms in total. The van der Waals surface area contributed by atoms with Gasteiger partial charge in [0, 0.05) is 40.0 Å². The number of hydrogen-bond donors (Lipinski definition) is 5. The van der Waals surface area contributed by atoms with Gasteiger partial charge in [-0.2, -0.15) is 5.01 Å². The van der Waals surface area contributed by atoms with E-state index in [0.717, 1.165) is 27.7 Å². The number of phenols is 2. The zero-order valence-electron chi connectivity index (χ0n) is 21.0. The van der Waals surface area contributed by atoms with E-state index in [2.05, 4.69) is 21.1 Å². The molecule has 2 aliphatic rings. The number of nitrogens with one attached hydrogen (secondary N) is 3. The first-order valence-corrected chi connectivity index (χ1v) is 13.9. The van der Waals surface area contributed by atoms with Gasteiger partial charge in [0.2, 0.25) is 5.96 Å². The van der Waals surface area contributed by atoms with Gasteiger partial charge < -0.3 is 20.8 Å². The zero-order chi connectivity index (χ0) is 29.3. The lowest BCUT2D eigenvalue weighted by Gasteiger charge is -2.29. The standard InChI is InChI=1S/C26H20N6O6S3/c1-13-21(23(35)28-14-4-2-5-15(10-14)32(37)38)22(18-8-7-16(33)11-19(18)34)29-25(27-13)30-31-24(36)20(41-26(31)39)12-17-6-3-9-40-17/h2-12,22,33-34H,1H3,(H,28,35)(H2,27,29,30)/b20-12-. The summed E-state index contributed by atoms with van der Waals surface area (Å²) in [6, 6.07) is 12.0. The van der Waals surface area contributed by atoms with Crippen LogP contribution in [0.3, 0.4) is 0 Å². The van der Waals surface area contributed by atoms with Crippen LogP contribution in [0.15, 0.2) is 81.1 Å². The van der Waals surface area contributed by atoms with Crippen LogP contribution in [0.2, 0.25) is 0 Å². The quantitative estimate of drug-likeness (QED) is 0.117. The van der Waals surface area contributed by atoms with Crippen LogP contribution >= 0.6 is 35.3 Å². The van der Waals surface area contributed by atoms with Crippen molar-refractivity contribution in [3.8, 4) is 11.5 Å². The summed E-state index contributed by atoms with van der Waals surface area (Å²) in [5.74, 6) is -1.47. The van der Waals surface area contributed by atoms with Crippen molar-refractivity contribution in [2.24, 2.45) is 4.99 Å². The van der Waals surface area contributed by atoms with Gasteiger partial charge in [-0.25, -0.2) is 4.99 Å². The van der Waals surface area contributed by atoms with Crippen molar-refractivity contribution in [2.75, 3.05) is 5.32 Å². The number of hydrogen-bond acceptors (Lipinski definition) is 12. The maximum atomic E-state index is 13.5. The predicted octanol–water partition coefficient (Wildman–Crippen LogP) is 4.39. The molecule has 0 spiro atoms. The molecule has 2 aliphatic heterocycles. The van der Waals surface area contributed by atoms with Crippen LogP contribution in [-0.4, -0.2) is 42.2 Å². The number of anilines is 1. The second-order valence-electron chi connectivity index (χ2n) is 8.69. The molecular weight excluding hydrogens is 589 g/mol. The number of allylic oxidation sites excluding steroid dienone is 1. The molecule has 5 rings (SSSR count). The van der Waals surface area contributed by atoms with Gasteiger partial charge in [0.05, 0.1) is 15.4 Å². The molecule has 5 N–H and O–H groups in total. The summed E-state index contributed by atoms with van der Waals surface area (Å²) in [4.78, 5) is 43.0. The summed E-state index contributed by atoms with van der Waals surface area (Å²) in [5.41, 5.74) is 3.45. The van der Waals surface area contributed by atoms with Crippen molar-refractivity contribution in [3.05, 3.63) is 96.7 Å². The molecule has 1 atom stereocenters. The third-order valence-electron chi connectivity index (χ3n) is 5.94. The van der Waals surface area contributed by atoms with E-state index in [1.165, 1.54) is 47.7 Å². The van der Waals surface area contributed by atoms with Gasteiger partial charge >= 0.3 is 0 Å². The molecule has 2 amide bonds. The van der Waals surface area contributed by atoms with E-state index in [0.29, 0.717) is 10.6 Å². The molecule has 2 aromatic carbocycles. The minimum absolute atomic E-state index is 0.0700. The highest BCUT2D eigenvalue weighted by molar-refractivity contribution is 8.26. The molecule has 208 valence electrons. The Morgan fingerprint density at radius 2 is 2.02 bits per heavy atom. The highest BCUT2D eigenvalue weighted by Crippen LogP contribution is 2.38. The average Bonchev–Trinajstić information content (AvgIpc) is 3.52. The number of aliphatic imine (C=N–C) groups is 1. The van der Waals surface area contributed by atoms with Crippen LogP contribution in [0.4, 0.5) is 11.4 Å². The summed E-state index contributed by atoms with van der Waals surface area (Å²) in [6.45, 7) is 1.60. The number of thiophene rings is 1. The van der Waals surface area contributed by atoms with Gasteiger partial charge in [0.25, 0.3) is 17.5 Å². The minimum atomic E-state index is -1.10. The number of nitrogens with zero attached hydrogens (tertiary/aromatic N) is 3. The van der Waals surface area contributed by atoms with E-state index in [1.54, 1.807) is 13.0 Å². The molecule has 0 aliphatic carbocycles. The number of nitro groups is 1. The van der Waals surface area contributed by atoms with Crippen molar-refractivity contribution < 1.29 is 24.7 Å². The average molecular weight is 609 g/mol. The first-order valence-electron chi connectivity index (χ1n) is 11.8. The summed E-state index contributed by atoms with van der Waals surface area (Å²) in [6.07, 6.45) is 1.74. The fourth-order valence-corrected chi connectivity index (χ4v) is 5.99. The van der Waals surface area contributed by atoms with Gasteiger partial charge in [-0.3, -0.25) is 25.1 Å². The first kappa shape index (κ1) is 27.8. The van der Waals surface area contributed by atoms with Gasteiger partial charge in [0.15, 0.2) is 4.32 Å². The number of phenolic OH excluding ortho intramolecular Hbond substituents is 2. The molecule has 41 heavy (non-hydrogen) atoms. The van der Waals surface area contributed by atoms with Crippen LogP contribution in [-0.2, 0) is 9.59 Å². The number of thiocarbonyl (C=S) groups is 1. The number of thioether (sulfide) groups is 1. The molecule has 3 heterocycles. The summed E-state index contributed by atoms with van der Waals surface area (Å²) in [5, 5.41) is 40.3. The fraction of sp³-hybridized carbons (Fsp3) is 0.0769. The number of nitro benzene ring substituents is 1. The Morgan fingerprint density at radius 3 is 2.73 bits per heavy atom. The van der Waals surface area contributed by atoms with E-state index >= 15 is 0 Å². The molecule has 3 aromatic rings. The molecule has 1 saturated heterocycles. The number of hydrazine groups is 1. The third kappa shape index (κ3) is 5.91. The maximum Gasteiger partial charge on any atom is 0.285 e. The minimum Gasteiger partial charge on any atom is -0.508 e. The van der Waals surface area contributed by atoms with Gasteiger partial charge in [-0.1, -0.05) is 23.9 Å². The van der Waals surface area contributed by atoms with Crippen LogP contribution in [0.5, 0.6) is 11.5 Å². The van der Waals surface area contributed by atoms with Crippen LogP contribution in [0.1, 0.15) is 23.4 Å². The summed E-state index contributed by atoms with van der Waals surface area (Å²) in [7, 11) is 0. The van der Waals surface area contributed by atoms with E-state index in [9.17, 15) is 29.9 Å². The predicted molar refractivity (Wildman–Crippen MR) is 160 cm³/mol. The smallest absolute Gasteiger partial charge is 0.285 e. The number of non-ortho nitro benzene ring substituents is 1. The summed E-state index contributed by atoms with van der Waals surface area (Å²) < 4.78 is 0.238. The summed E-state index contributed by atoms with van der Waals surface area (Å²) >= 11 is 8.00. The number of guanidine groups is 1. The molecule has 15 heteroatoms. The van der Waals surface area contributed by atoms with Crippen molar-refractivity contribution >= 4 is 74.9 Å². The first-order chi connectivity index (χ1) is 19.6. The normalized spacial score (nSPS) is 17.9. The Kier molecular flexibility index (Phi) is 7.74. The van der Waals surface area contributed by atoms with Crippen molar-refractivity contribution in [1.29, 1.82) is 0 Å².